The lowest BCUT2D eigenvalue weighted by atomic mass is 10.2. The summed E-state index contributed by atoms with van der Waals surface area (Å²) < 4.78 is 10.6. The summed E-state index contributed by atoms with van der Waals surface area (Å²) in [6, 6.07) is 1.98. The van der Waals surface area contributed by atoms with Gasteiger partial charge >= 0.3 is 0 Å². The van der Waals surface area contributed by atoms with Gasteiger partial charge in [0.1, 0.15) is 0 Å². The van der Waals surface area contributed by atoms with Crippen LogP contribution in [0.2, 0.25) is 0 Å². The molecule has 2 rings (SSSR count). The summed E-state index contributed by atoms with van der Waals surface area (Å²) in [6.45, 7) is 10.7. The van der Waals surface area contributed by atoms with Gasteiger partial charge < -0.3 is 14.2 Å². The van der Waals surface area contributed by atoms with E-state index in [0.717, 1.165) is 38.5 Å². The number of ether oxygens (including phenoxy) is 1. The van der Waals surface area contributed by atoms with Crippen molar-refractivity contribution < 1.29 is 14.1 Å². The quantitative estimate of drug-likeness (QED) is 0.800. The van der Waals surface area contributed by atoms with Crippen LogP contribution in [0.25, 0.3) is 0 Å². The van der Waals surface area contributed by atoms with E-state index in [1.807, 2.05) is 11.8 Å². The van der Waals surface area contributed by atoms with Gasteiger partial charge in [-0.05, 0) is 20.3 Å². The van der Waals surface area contributed by atoms with Crippen molar-refractivity contribution in [1.82, 2.24) is 15.0 Å². The highest BCUT2D eigenvalue weighted by molar-refractivity contribution is 5.92. The normalized spacial score (nSPS) is 17.7. The second-order valence-electron chi connectivity index (χ2n) is 5.42. The van der Waals surface area contributed by atoms with E-state index in [0.29, 0.717) is 18.8 Å². The smallest absolute Gasteiger partial charge is 0.276 e. The van der Waals surface area contributed by atoms with Crippen LogP contribution in [0.1, 0.15) is 43.4 Å². The molecular weight excluding hydrogens is 270 g/mol. The molecule has 0 aliphatic carbocycles. The molecule has 1 aromatic heterocycles. The highest BCUT2D eigenvalue weighted by atomic mass is 16.5. The van der Waals surface area contributed by atoms with Crippen molar-refractivity contribution in [3.63, 3.8) is 0 Å². The fraction of sp³-hybridized carbons (Fsp3) is 0.733. The van der Waals surface area contributed by atoms with Gasteiger partial charge in [-0.15, -0.1) is 0 Å². The lowest BCUT2D eigenvalue weighted by molar-refractivity contribution is 0.0305. The zero-order valence-corrected chi connectivity index (χ0v) is 13.2. The second kappa shape index (κ2) is 7.56. The summed E-state index contributed by atoms with van der Waals surface area (Å²) in [4.78, 5) is 16.5. The molecular formula is C15H25N3O3. The minimum absolute atomic E-state index is 0.0520. The monoisotopic (exact) mass is 295 g/mol. The number of carbonyl (C=O) groups is 1. The third-order valence-corrected chi connectivity index (χ3v) is 3.99. The predicted octanol–water partition coefficient (Wildman–Crippen LogP) is 1.77. The lowest BCUT2D eigenvalue weighted by Gasteiger charge is -2.26. The molecule has 1 aliphatic rings. The number of aromatic nitrogens is 1. The SMILES string of the molecule is CCC(C)N(CC)C(=O)c1cc(CN2CCOCC2)on1. The molecule has 0 aromatic carbocycles. The molecule has 6 heteroatoms. The molecule has 0 bridgehead atoms. The number of hydrogen-bond acceptors (Lipinski definition) is 5. The summed E-state index contributed by atoms with van der Waals surface area (Å²) in [5.41, 5.74) is 0.403. The molecule has 1 aromatic rings. The molecule has 0 N–H and O–H groups in total. The largest absolute Gasteiger partial charge is 0.379 e. The number of morpholine rings is 1. The highest BCUT2D eigenvalue weighted by Gasteiger charge is 2.23. The molecule has 21 heavy (non-hydrogen) atoms. The molecule has 1 amide bonds. The van der Waals surface area contributed by atoms with Crippen LogP contribution in [0.4, 0.5) is 0 Å². The van der Waals surface area contributed by atoms with Crippen LogP contribution in [-0.2, 0) is 11.3 Å². The summed E-state index contributed by atoms with van der Waals surface area (Å²) >= 11 is 0. The van der Waals surface area contributed by atoms with E-state index in [1.165, 1.54) is 0 Å². The van der Waals surface area contributed by atoms with Crippen molar-refractivity contribution in [3.8, 4) is 0 Å². The summed E-state index contributed by atoms with van der Waals surface area (Å²) in [6.07, 6.45) is 0.929. The fourth-order valence-electron chi connectivity index (χ4n) is 2.49. The minimum Gasteiger partial charge on any atom is -0.379 e. The topological polar surface area (TPSA) is 58.8 Å². The van der Waals surface area contributed by atoms with Gasteiger partial charge in [-0.3, -0.25) is 9.69 Å². The van der Waals surface area contributed by atoms with Crippen LogP contribution in [0, 0.1) is 0 Å². The lowest BCUT2D eigenvalue weighted by Crippen LogP contribution is -2.38. The van der Waals surface area contributed by atoms with Crippen molar-refractivity contribution in [2.24, 2.45) is 0 Å². The van der Waals surface area contributed by atoms with Gasteiger partial charge in [0.15, 0.2) is 11.5 Å². The number of hydrogen-bond donors (Lipinski definition) is 0. The van der Waals surface area contributed by atoms with Gasteiger partial charge in [0.05, 0.1) is 19.8 Å². The Kier molecular flexibility index (Phi) is 5.76. The van der Waals surface area contributed by atoms with Gasteiger partial charge in [0.2, 0.25) is 0 Å². The molecule has 1 saturated heterocycles. The molecule has 2 heterocycles. The summed E-state index contributed by atoms with van der Waals surface area (Å²) in [7, 11) is 0. The van der Waals surface area contributed by atoms with Crippen molar-refractivity contribution in [3.05, 3.63) is 17.5 Å². The second-order valence-corrected chi connectivity index (χ2v) is 5.42. The Morgan fingerprint density at radius 2 is 2.14 bits per heavy atom. The van der Waals surface area contributed by atoms with Crippen LogP contribution in [0.3, 0.4) is 0 Å². The zero-order chi connectivity index (χ0) is 15.2. The van der Waals surface area contributed by atoms with E-state index in [9.17, 15) is 4.79 Å². The first kappa shape index (κ1) is 16.0. The number of carbonyl (C=O) groups excluding carboxylic acids is 1. The van der Waals surface area contributed by atoms with Crippen molar-refractivity contribution >= 4 is 5.91 Å². The van der Waals surface area contributed by atoms with E-state index >= 15 is 0 Å². The fourth-order valence-corrected chi connectivity index (χ4v) is 2.49. The summed E-state index contributed by atoms with van der Waals surface area (Å²) in [5.74, 6) is 0.685. The third-order valence-electron chi connectivity index (χ3n) is 3.99. The van der Waals surface area contributed by atoms with Gasteiger partial charge in [-0.2, -0.15) is 0 Å². The number of amides is 1. The minimum atomic E-state index is -0.0520. The molecule has 0 saturated carbocycles. The molecule has 1 unspecified atom stereocenters. The van der Waals surface area contributed by atoms with E-state index in [4.69, 9.17) is 9.26 Å². The average Bonchev–Trinajstić information content (AvgIpc) is 2.97. The molecule has 1 aliphatic heterocycles. The van der Waals surface area contributed by atoms with Crippen LogP contribution >= 0.6 is 0 Å². The maximum absolute atomic E-state index is 12.5. The molecule has 6 nitrogen and oxygen atoms in total. The molecule has 1 fully saturated rings. The Hall–Kier alpha value is -1.40. The van der Waals surface area contributed by atoms with Crippen molar-refractivity contribution in [2.45, 2.75) is 39.8 Å². The first-order valence-electron chi connectivity index (χ1n) is 7.72. The maximum atomic E-state index is 12.5. The van der Waals surface area contributed by atoms with Gasteiger partial charge in [0.25, 0.3) is 5.91 Å². The van der Waals surface area contributed by atoms with Crippen LogP contribution < -0.4 is 0 Å². The number of nitrogens with zero attached hydrogens (tertiary/aromatic N) is 3. The average molecular weight is 295 g/mol. The Bertz CT molecular complexity index is 455. The van der Waals surface area contributed by atoms with E-state index in [2.05, 4.69) is 23.9 Å². The first-order chi connectivity index (χ1) is 10.2. The predicted molar refractivity (Wildman–Crippen MR) is 79.1 cm³/mol. The molecule has 1 atom stereocenters. The van der Waals surface area contributed by atoms with Gasteiger partial charge in [0, 0.05) is 31.7 Å². The highest BCUT2D eigenvalue weighted by Crippen LogP contribution is 2.13. The van der Waals surface area contributed by atoms with Crippen molar-refractivity contribution in [2.75, 3.05) is 32.8 Å². The first-order valence-corrected chi connectivity index (χ1v) is 7.72. The Labute approximate surface area is 126 Å². The zero-order valence-electron chi connectivity index (χ0n) is 13.2. The Morgan fingerprint density at radius 1 is 1.43 bits per heavy atom. The van der Waals surface area contributed by atoms with E-state index in [1.54, 1.807) is 6.07 Å². The van der Waals surface area contributed by atoms with Crippen LogP contribution in [0.5, 0.6) is 0 Å². The van der Waals surface area contributed by atoms with Crippen LogP contribution in [-0.4, -0.2) is 59.8 Å². The Morgan fingerprint density at radius 3 is 2.76 bits per heavy atom. The van der Waals surface area contributed by atoms with E-state index < -0.39 is 0 Å². The van der Waals surface area contributed by atoms with Gasteiger partial charge in [-0.1, -0.05) is 12.1 Å². The van der Waals surface area contributed by atoms with Crippen molar-refractivity contribution in [1.29, 1.82) is 0 Å². The third kappa shape index (κ3) is 4.04. The Balaban J connectivity index is 1.99. The van der Waals surface area contributed by atoms with Crippen LogP contribution in [0.15, 0.2) is 10.6 Å². The summed E-state index contributed by atoms with van der Waals surface area (Å²) in [5, 5.41) is 3.94. The van der Waals surface area contributed by atoms with Gasteiger partial charge in [-0.25, -0.2) is 0 Å². The van der Waals surface area contributed by atoms with E-state index in [-0.39, 0.29) is 11.9 Å². The standard InChI is InChI=1S/C15H25N3O3/c1-4-12(3)18(5-2)15(19)14-10-13(21-16-14)11-17-6-8-20-9-7-17/h10,12H,4-9,11H2,1-3H3. The molecule has 118 valence electrons. The number of rotatable bonds is 6. The molecule has 0 spiro atoms. The maximum Gasteiger partial charge on any atom is 0.276 e. The molecule has 0 radical (unpaired) electrons.